The molecule has 82 valence electrons. The molecule has 2 aromatic rings. The van der Waals surface area contributed by atoms with Crippen LogP contribution >= 0.6 is 0 Å². The van der Waals surface area contributed by atoms with E-state index in [1.165, 1.54) is 12.1 Å². The molecule has 16 heavy (non-hydrogen) atoms. The lowest BCUT2D eigenvalue weighted by atomic mass is 10.0. The summed E-state index contributed by atoms with van der Waals surface area (Å²) in [5.41, 5.74) is 14.0. The van der Waals surface area contributed by atoms with Gasteiger partial charge in [0.1, 0.15) is 11.6 Å². The van der Waals surface area contributed by atoms with E-state index >= 15 is 0 Å². The first-order valence-electron chi connectivity index (χ1n) is 4.85. The molecule has 0 unspecified atom stereocenters. The zero-order chi connectivity index (χ0) is 11.7. The standard InChI is InChI=1S/C12H12FN3/c1-7-4-8(6-9(13)5-7)10-2-3-16-12(15)11(10)14/h2-6H,14H2,1H3,(H2,15,16). The molecule has 2 rings (SSSR count). The highest BCUT2D eigenvalue weighted by Crippen LogP contribution is 2.29. The van der Waals surface area contributed by atoms with Gasteiger partial charge in [0.25, 0.3) is 0 Å². The number of nitrogen functional groups attached to an aromatic ring is 2. The van der Waals surface area contributed by atoms with E-state index in [4.69, 9.17) is 11.5 Å². The lowest BCUT2D eigenvalue weighted by Crippen LogP contribution is -1.99. The van der Waals surface area contributed by atoms with Gasteiger partial charge >= 0.3 is 0 Å². The van der Waals surface area contributed by atoms with Gasteiger partial charge in [-0.1, -0.05) is 6.07 Å². The fraction of sp³-hybridized carbons (Fsp3) is 0.0833. The number of anilines is 2. The number of nitrogens with two attached hydrogens (primary N) is 2. The van der Waals surface area contributed by atoms with Gasteiger partial charge in [0.2, 0.25) is 0 Å². The molecule has 0 amide bonds. The molecule has 1 aromatic heterocycles. The van der Waals surface area contributed by atoms with E-state index in [2.05, 4.69) is 4.98 Å². The summed E-state index contributed by atoms with van der Waals surface area (Å²) in [6.07, 6.45) is 1.56. The van der Waals surface area contributed by atoms with Crippen LogP contribution in [0.3, 0.4) is 0 Å². The summed E-state index contributed by atoms with van der Waals surface area (Å²) >= 11 is 0. The quantitative estimate of drug-likeness (QED) is 0.770. The summed E-state index contributed by atoms with van der Waals surface area (Å²) in [5.74, 6) is -0.0239. The molecule has 0 radical (unpaired) electrons. The fourth-order valence-electron chi connectivity index (χ4n) is 1.63. The largest absolute Gasteiger partial charge is 0.395 e. The predicted molar refractivity (Wildman–Crippen MR) is 63.2 cm³/mol. The van der Waals surface area contributed by atoms with Crippen LogP contribution in [0.4, 0.5) is 15.9 Å². The summed E-state index contributed by atoms with van der Waals surface area (Å²) in [6.45, 7) is 1.83. The van der Waals surface area contributed by atoms with Gasteiger partial charge in [-0.05, 0) is 36.2 Å². The van der Waals surface area contributed by atoms with Crippen LogP contribution in [-0.4, -0.2) is 4.98 Å². The topological polar surface area (TPSA) is 64.9 Å². The molecule has 0 fully saturated rings. The monoisotopic (exact) mass is 217 g/mol. The molecule has 0 spiro atoms. The van der Waals surface area contributed by atoms with Crippen molar-refractivity contribution >= 4 is 11.5 Å². The highest BCUT2D eigenvalue weighted by atomic mass is 19.1. The number of rotatable bonds is 1. The van der Waals surface area contributed by atoms with Gasteiger partial charge in [0.05, 0.1) is 5.69 Å². The molecule has 0 saturated heterocycles. The lowest BCUT2D eigenvalue weighted by molar-refractivity contribution is 0.627. The van der Waals surface area contributed by atoms with Crippen molar-refractivity contribution in [3.05, 3.63) is 41.8 Å². The average Bonchev–Trinajstić information content (AvgIpc) is 2.20. The van der Waals surface area contributed by atoms with E-state index < -0.39 is 0 Å². The van der Waals surface area contributed by atoms with Crippen LogP contribution in [-0.2, 0) is 0 Å². The zero-order valence-electron chi connectivity index (χ0n) is 8.87. The Balaban J connectivity index is 2.63. The minimum Gasteiger partial charge on any atom is -0.395 e. The minimum atomic E-state index is -0.287. The van der Waals surface area contributed by atoms with Gasteiger partial charge in [-0.3, -0.25) is 0 Å². The van der Waals surface area contributed by atoms with Crippen molar-refractivity contribution in [1.29, 1.82) is 0 Å². The molecule has 4 N–H and O–H groups in total. The van der Waals surface area contributed by atoms with Crippen molar-refractivity contribution in [3.8, 4) is 11.1 Å². The number of benzene rings is 1. The first-order chi connectivity index (χ1) is 7.58. The molecule has 3 nitrogen and oxygen atoms in total. The van der Waals surface area contributed by atoms with Crippen LogP contribution in [0.25, 0.3) is 11.1 Å². The Morgan fingerprint density at radius 1 is 1.19 bits per heavy atom. The maximum atomic E-state index is 13.3. The Bertz CT molecular complexity index is 518. The maximum absolute atomic E-state index is 13.3. The van der Waals surface area contributed by atoms with Crippen LogP contribution in [0.5, 0.6) is 0 Å². The second kappa shape index (κ2) is 3.81. The number of pyridine rings is 1. The molecule has 0 aliphatic carbocycles. The van der Waals surface area contributed by atoms with Gasteiger partial charge in [-0.15, -0.1) is 0 Å². The summed E-state index contributed by atoms with van der Waals surface area (Å²) in [6, 6.07) is 6.47. The fourth-order valence-corrected chi connectivity index (χ4v) is 1.63. The van der Waals surface area contributed by atoms with E-state index in [0.29, 0.717) is 16.8 Å². The van der Waals surface area contributed by atoms with E-state index in [1.54, 1.807) is 12.3 Å². The minimum absolute atomic E-state index is 0.263. The maximum Gasteiger partial charge on any atom is 0.147 e. The van der Waals surface area contributed by atoms with Gasteiger partial charge in [-0.25, -0.2) is 9.37 Å². The SMILES string of the molecule is Cc1cc(F)cc(-c2ccnc(N)c2N)c1. The smallest absolute Gasteiger partial charge is 0.147 e. The molecule has 0 atom stereocenters. The van der Waals surface area contributed by atoms with E-state index in [-0.39, 0.29) is 11.6 Å². The van der Waals surface area contributed by atoms with E-state index in [0.717, 1.165) is 5.56 Å². The Labute approximate surface area is 92.9 Å². The van der Waals surface area contributed by atoms with E-state index in [1.807, 2.05) is 13.0 Å². The lowest BCUT2D eigenvalue weighted by Gasteiger charge is -2.08. The second-order valence-electron chi connectivity index (χ2n) is 3.67. The highest BCUT2D eigenvalue weighted by molar-refractivity contribution is 5.82. The van der Waals surface area contributed by atoms with Gasteiger partial charge < -0.3 is 11.5 Å². The van der Waals surface area contributed by atoms with Crippen molar-refractivity contribution in [3.63, 3.8) is 0 Å². The molecule has 0 aliphatic rings. The summed E-state index contributed by atoms with van der Waals surface area (Å²) in [5, 5.41) is 0. The first-order valence-corrected chi connectivity index (χ1v) is 4.85. The highest BCUT2D eigenvalue weighted by Gasteiger charge is 2.07. The average molecular weight is 217 g/mol. The van der Waals surface area contributed by atoms with E-state index in [9.17, 15) is 4.39 Å². The summed E-state index contributed by atoms with van der Waals surface area (Å²) < 4.78 is 13.3. The van der Waals surface area contributed by atoms with Crippen molar-refractivity contribution < 1.29 is 4.39 Å². The number of hydrogen-bond donors (Lipinski definition) is 2. The first kappa shape index (κ1) is 10.4. The normalized spacial score (nSPS) is 10.4. The van der Waals surface area contributed by atoms with Crippen LogP contribution in [0.1, 0.15) is 5.56 Å². The Morgan fingerprint density at radius 3 is 2.62 bits per heavy atom. The zero-order valence-corrected chi connectivity index (χ0v) is 8.87. The number of hydrogen-bond acceptors (Lipinski definition) is 3. The van der Waals surface area contributed by atoms with Crippen molar-refractivity contribution in [2.45, 2.75) is 6.92 Å². The van der Waals surface area contributed by atoms with Gasteiger partial charge in [-0.2, -0.15) is 0 Å². The Morgan fingerprint density at radius 2 is 1.94 bits per heavy atom. The molecule has 1 aromatic carbocycles. The van der Waals surface area contributed by atoms with Crippen LogP contribution in [0.2, 0.25) is 0 Å². The van der Waals surface area contributed by atoms with Crippen LogP contribution in [0, 0.1) is 12.7 Å². The Kier molecular flexibility index (Phi) is 2.48. The number of aromatic nitrogens is 1. The second-order valence-corrected chi connectivity index (χ2v) is 3.67. The van der Waals surface area contributed by atoms with Gasteiger partial charge in [0.15, 0.2) is 0 Å². The molecular formula is C12H12FN3. The van der Waals surface area contributed by atoms with Gasteiger partial charge in [0, 0.05) is 11.8 Å². The third kappa shape index (κ3) is 1.82. The number of nitrogens with zero attached hydrogens (tertiary/aromatic N) is 1. The number of aryl methyl sites for hydroxylation is 1. The Hall–Kier alpha value is -2.10. The molecule has 0 saturated carbocycles. The predicted octanol–water partition coefficient (Wildman–Crippen LogP) is 2.36. The third-order valence-electron chi connectivity index (χ3n) is 2.37. The van der Waals surface area contributed by atoms with Crippen molar-refractivity contribution in [2.75, 3.05) is 11.5 Å². The summed E-state index contributed by atoms with van der Waals surface area (Å²) in [4.78, 5) is 3.87. The summed E-state index contributed by atoms with van der Waals surface area (Å²) in [7, 11) is 0. The molecule has 1 heterocycles. The molecule has 4 heteroatoms. The van der Waals surface area contributed by atoms with Crippen molar-refractivity contribution in [2.24, 2.45) is 0 Å². The van der Waals surface area contributed by atoms with Crippen molar-refractivity contribution in [1.82, 2.24) is 4.98 Å². The molecule has 0 bridgehead atoms. The third-order valence-corrected chi connectivity index (χ3v) is 2.37. The number of halogens is 1. The molecular weight excluding hydrogens is 205 g/mol. The molecule has 0 aliphatic heterocycles. The van der Waals surface area contributed by atoms with Crippen LogP contribution < -0.4 is 11.5 Å². The van der Waals surface area contributed by atoms with Crippen LogP contribution in [0.15, 0.2) is 30.5 Å².